The Hall–Kier alpha value is -5.08. The van der Waals surface area contributed by atoms with Crippen LogP contribution >= 0.6 is 0 Å². The van der Waals surface area contributed by atoms with Gasteiger partial charge in [-0.05, 0) is 261 Å². The van der Waals surface area contributed by atoms with E-state index in [9.17, 15) is 0 Å². The Bertz CT molecular complexity index is 2690. The summed E-state index contributed by atoms with van der Waals surface area (Å²) in [6.07, 6.45) is 16.9. The number of hydrogen-bond donors (Lipinski definition) is 2. The predicted octanol–water partition coefficient (Wildman–Crippen LogP) is 26.1. The van der Waals surface area contributed by atoms with Crippen molar-refractivity contribution in [3.63, 3.8) is 0 Å². The molecule has 2 aliphatic rings. The van der Waals surface area contributed by atoms with Gasteiger partial charge < -0.3 is 10.6 Å². The van der Waals surface area contributed by atoms with Crippen molar-refractivity contribution >= 4 is 11.4 Å². The van der Waals surface area contributed by atoms with Gasteiger partial charge in [0.2, 0.25) is 0 Å². The molecule has 89 heavy (non-hydrogen) atoms. The molecule has 2 heteroatoms. The minimum Gasteiger partial charge on any atom is -0.383 e. The van der Waals surface area contributed by atoms with Crippen molar-refractivity contribution in [3.05, 3.63) is 201 Å². The molecule has 0 bridgehead atoms. The van der Waals surface area contributed by atoms with Crippen LogP contribution in [0.2, 0.25) is 0 Å². The number of aryl methyl sites for hydroxylation is 2. The van der Waals surface area contributed by atoms with Gasteiger partial charge in [0, 0.05) is 23.5 Å². The van der Waals surface area contributed by atoms with E-state index in [0.717, 1.165) is 41.4 Å². The van der Waals surface area contributed by atoms with E-state index in [-0.39, 0.29) is 0 Å². The summed E-state index contributed by atoms with van der Waals surface area (Å²) >= 11 is 0. The Balaban J connectivity index is 0.000000280. The molecule has 0 radical (unpaired) electrons. The van der Waals surface area contributed by atoms with Crippen molar-refractivity contribution in [2.45, 2.75) is 290 Å². The van der Waals surface area contributed by atoms with Crippen LogP contribution < -0.4 is 10.6 Å². The molecule has 8 rings (SSSR count). The summed E-state index contributed by atoms with van der Waals surface area (Å²) in [7, 11) is 0. The highest BCUT2D eigenvalue weighted by Crippen LogP contribution is 2.53. The summed E-state index contributed by atoms with van der Waals surface area (Å²) < 4.78 is 0. The monoisotopic (exact) mass is 1210 g/mol. The Morgan fingerprint density at radius 3 is 0.764 bits per heavy atom. The van der Waals surface area contributed by atoms with Crippen LogP contribution in [-0.4, -0.2) is 12.1 Å². The summed E-state index contributed by atoms with van der Waals surface area (Å²) in [5.41, 5.74) is 18.3. The second-order valence-corrected chi connectivity index (χ2v) is 31.7. The van der Waals surface area contributed by atoms with Gasteiger partial charge in [-0.1, -0.05) is 260 Å². The van der Waals surface area contributed by atoms with E-state index in [1.165, 1.54) is 139 Å². The molecular weight excluding hydrogens is 1070 g/mol. The maximum Gasteiger partial charge on any atom is 0.0342 e. The lowest BCUT2D eigenvalue weighted by Gasteiger charge is -2.19. The zero-order valence-electron chi connectivity index (χ0n) is 62.0. The van der Waals surface area contributed by atoms with Crippen LogP contribution in [-0.2, 0) is 42.9 Å². The smallest absolute Gasteiger partial charge is 0.0342 e. The number of rotatable bonds is 25. The molecule has 2 aliphatic carbocycles. The normalized spacial score (nSPS) is 13.7. The zero-order chi connectivity index (χ0) is 66.4. The molecule has 2 saturated carbocycles. The van der Waals surface area contributed by atoms with Gasteiger partial charge in [-0.25, -0.2) is 0 Å². The Labute approximate surface area is 551 Å². The van der Waals surface area contributed by atoms with E-state index >= 15 is 0 Å². The molecule has 6 aromatic rings. The second kappa shape index (κ2) is 40.0. The van der Waals surface area contributed by atoms with E-state index in [1.54, 1.807) is 11.1 Å². The molecule has 0 spiro atoms. The van der Waals surface area contributed by atoms with Gasteiger partial charge in [-0.15, -0.1) is 0 Å². The van der Waals surface area contributed by atoms with Crippen molar-refractivity contribution < 1.29 is 0 Å². The minimum atomic E-state index is 0.505. The van der Waals surface area contributed by atoms with Gasteiger partial charge in [-0.2, -0.15) is 0 Å². The minimum absolute atomic E-state index is 0.505. The maximum absolute atomic E-state index is 3.39. The van der Waals surface area contributed by atoms with Crippen LogP contribution in [0.5, 0.6) is 0 Å². The molecule has 0 aromatic heterocycles. The molecule has 0 amide bonds. The average Bonchev–Trinajstić information content (AvgIpc) is 1.66. The third-order valence-corrected chi connectivity index (χ3v) is 17.1. The van der Waals surface area contributed by atoms with E-state index in [2.05, 4.69) is 322 Å². The van der Waals surface area contributed by atoms with Crippen molar-refractivity contribution in [3.8, 4) is 0 Å². The van der Waals surface area contributed by atoms with Crippen LogP contribution in [0.4, 0.5) is 11.4 Å². The number of anilines is 2. The lowest BCUT2D eigenvalue weighted by molar-refractivity contribution is 0.486. The highest BCUT2D eigenvalue weighted by atomic mass is 14.9. The predicted molar refractivity (Wildman–Crippen MR) is 401 cm³/mol. The summed E-state index contributed by atoms with van der Waals surface area (Å²) in [5.74, 6) is 7.40. The second-order valence-electron chi connectivity index (χ2n) is 31.7. The Kier molecular flexibility index (Phi) is 35.1. The van der Waals surface area contributed by atoms with Crippen molar-refractivity contribution in [1.82, 2.24) is 0 Å². The first-order valence-corrected chi connectivity index (χ1v) is 36.0. The van der Waals surface area contributed by atoms with E-state index < -0.39 is 0 Å². The lowest BCUT2D eigenvalue weighted by atomic mass is 9.86. The van der Waals surface area contributed by atoms with Gasteiger partial charge in [0.1, 0.15) is 0 Å². The van der Waals surface area contributed by atoms with Crippen LogP contribution in [0, 0.1) is 41.4 Å². The number of nitrogens with one attached hydrogen (secondary N) is 2. The molecular formula is C87H136N2. The zero-order valence-corrected chi connectivity index (χ0v) is 62.0. The fraction of sp³-hybridized carbons (Fsp3) is 0.586. The molecule has 2 fully saturated rings. The Morgan fingerprint density at radius 1 is 0.270 bits per heavy atom. The SMILES string of the molecule is CC(C)CC1(c2ccc(C(C)C)cc2)CC1.CC(C)CCc1ccc(C(C)C)cc1.CC(C)CCc1ccc(CC(C)C)cc1.CC(C)Cc1ccc(C2(CC(C)C)CC2)cc1.CC(C)Cc1ccc(NC(C)C)cc1.CC(C)Nc1ccc(C(C)C)cc1. The van der Waals surface area contributed by atoms with Crippen molar-refractivity contribution in [2.75, 3.05) is 10.6 Å². The quantitative estimate of drug-likeness (QED) is 0.0597. The van der Waals surface area contributed by atoms with Gasteiger partial charge in [0.15, 0.2) is 0 Å². The summed E-state index contributed by atoms with van der Waals surface area (Å²) in [5, 5.41) is 6.76. The highest BCUT2D eigenvalue weighted by Gasteiger charge is 2.45. The number of hydrogen-bond acceptors (Lipinski definition) is 2. The van der Waals surface area contributed by atoms with Crippen LogP contribution in [0.3, 0.4) is 0 Å². The standard InChI is InChI=1S/C17H26.C16H24.C15H24.C14H22.C13H21N.C12H19N/c1-13(2)11-15-5-7-16(8-6-15)17(9-10-17)12-14(3)4;1-12(2)11-16(9-10-16)15-7-5-14(6-8-15)13(3)4;1-12(2)5-6-14-7-9-15(10-8-14)11-13(3)4;1-11(2)5-6-13-7-9-14(10-8-13)12(3)4;1-10(2)9-12-5-7-13(8-6-12)14-11(3)4;1-9(2)11-5-7-12(8-6-11)13-10(3)4/h5-8,13-14H,9-12H2,1-4H3;5-8,12-13H,9-11H2,1-4H3;7-10,12-13H,5-6,11H2,1-4H3;7-12H,5-6H2,1-4H3;5-8,10-11,14H,9H2,1-4H3;5-10,13H,1-4H3. The van der Waals surface area contributed by atoms with Gasteiger partial charge in [0.05, 0.1) is 0 Å². The summed E-state index contributed by atoms with van der Waals surface area (Å²) in [6.45, 7) is 54.1. The van der Waals surface area contributed by atoms with Crippen molar-refractivity contribution in [2.24, 2.45) is 41.4 Å². The van der Waals surface area contributed by atoms with E-state index in [0.29, 0.717) is 40.7 Å². The molecule has 2 N–H and O–H groups in total. The fourth-order valence-electron chi connectivity index (χ4n) is 11.9. The molecule has 0 aliphatic heterocycles. The molecule has 0 unspecified atom stereocenters. The molecule has 494 valence electrons. The first-order chi connectivity index (χ1) is 41.9. The molecule has 0 heterocycles. The van der Waals surface area contributed by atoms with Crippen LogP contribution in [0.15, 0.2) is 146 Å². The molecule has 6 aromatic carbocycles. The van der Waals surface area contributed by atoms with Gasteiger partial charge in [-0.3, -0.25) is 0 Å². The molecule has 0 saturated heterocycles. The van der Waals surface area contributed by atoms with Gasteiger partial charge in [0.25, 0.3) is 0 Å². The highest BCUT2D eigenvalue weighted by molar-refractivity contribution is 5.46. The summed E-state index contributed by atoms with van der Waals surface area (Å²) in [4.78, 5) is 0. The largest absolute Gasteiger partial charge is 0.383 e. The van der Waals surface area contributed by atoms with Gasteiger partial charge >= 0.3 is 0 Å². The topological polar surface area (TPSA) is 24.1 Å². The number of benzene rings is 6. The Morgan fingerprint density at radius 2 is 0.506 bits per heavy atom. The van der Waals surface area contributed by atoms with Crippen LogP contribution in [0.25, 0.3) is 0 Å². The summed E-state index contributed by atoms with van der Waals surface area (Å²) in [6, 6.07) is 55.5. The van der Waals surface area contributed by atoms with E-state index in [4.69, 9.17) is 0 Å². The molecule has 2 nitrogen and oxygen atoms in total. The maximum atomic E-state index is 3.39. The third-order valence-electron chi connectivity index (χ3n) is 17.1. The van der Waals surface area contributed by atoms with E-state index in [1.807, 2.05) is 0 Å². The van der Waals surface area contributed by atoms with Crippen molar-refractivity contribution in [1.29, 1.82) is 0 Å². The third kappa shape index (κ3) is 32.7. The fourth-order valence-corrected chi connectivity index (χ4v) is 11.9. The first kappa shape index (κ1) is 78.2. The lowest BCUT2D eigenvalue weighted by Crippen LogP contribution is -2.10. The van der Waals surface area contributed by atoms with Crippen LogP contribution in [0.1, 0.15) is 291 Å². The average molecular weight is 1210 g/mol. The molecule has 0 atom stereocenters. The first-order valence-electron chi connectivity index (χ1n) is 36.0.